The zero-order valence-corrected chi connectivity index (χ0v) is 10.2. The molecular weight excluding hydrogens is 283 g/mol. The molecule has 0 bridgehead atoms. The van der Waals surface area contributed by atoms with Gasteiger partial charge in [0.2, 0.25) is 5.60 Å². The summed E-state index contributed by atoms with van der Waals surface area (Å²) in [5, 5.41) is 9.60. The molecule has 1 aromatic rings. The summed E-state index contributed by atoms with van der Waals surface area (Å²) in [6.07, 6.45) is 0.330. The zero-order chi connectivity index (χ0) is 11.2. The van der Waals surface area contributed by atoms with Crippen molar-refractivity contribution in [1.82, 2.24) is 0 Å². The van der Waals surface area contributed by atoms with Crippen LogP contribution in [0.3, 0.4) is 0 Å². The molecule has 1 aromatic carbocycles. The van der Waals surface area contributed by atoms with Crippen LogP contribution in [0.4, 0.5) is 0 Å². The summed E-state index contributed by atoms with van der Waals surface area (Å²) in [6.45, 7) is 1.55. The van der Waals surface area contributed by atoms with Crippen LogP contribution in [-0.2, 0) is 11.2 Å². The fourth-order valence-corrected chi connectivity index (χ4v) is 2.56. The highest BCUT2D eigenvalue weighted by Crippen LogP contribution is 2.42. The van der Waals surface area contributed by atoms with Crippen molar-refractivity contribution >= 4 is 33.5 Å². The van der Waals surface area contributed by atoms with Crippen LogP contribution < -0.4 is 4.74 Å². The van der Waals surface area contributed by atoms with Crippen molar-refractivity contribution in [2.24, 2.45) is 0 Å². The van der Waals surface area contributed by atoms with Gasteiger partial charge in [0.25, 0.3) is 0 Å². The lowest BCUT2D eigenvalue weighted by molar-refractivity contribution is -0.152. The molecule has 0 saturated carbocycles. The Hall–Kier alpha value is -0.740. The van der Waals surface area contributed by atoms with Gasteiger partial charge in [-0.2, -0.15) is 0 Å². The summed E-state index contributed by atoms with van der Waals surface area (Å²) in [7, 11) is 0. The molecule has 80 valence electrons. The van der Waals surface area contributed by atoms with Crippen molar-refractivity contribution in [3.8, 4) is 5.75 Å². The Morgan fingerprint density at radius 2 is 2.33 bits per heavy atom. The Balaban J connectivity index is 2.47. The quantitative estimate of drug-likeness (QED) is 0.865. The molecule has 0 radical (unpaired) electrons. The second kappa shape index (κ2) is 3.39. The molecule has 5 heteroatoms. The normalized spacial score (nSPS) is 23.4. The van der Waals surface area contributed by atoms with E-state index < -0.39 is 11.6 Å². The largest absolute Gasteiger partial charge is 0.478 e. The standard InChI is InChI=1S/C10H8BrClO3/c1-10(9(13)14)4-5-2-6(12)3-7(11)8(5)15-10/h2-3H,4H2,1H3,(H,13,14). The molecule has 1 aliphatic heterocycles. The van der Waals surface area contributed by atoms with E-state index in [1.165, 1.54) is 0 Å². The smallest absolute Gasteiger partial charge is 0.348 e. The van der Waals surface area contributed by atoms with Crippen molar-refractivity contribution in [3.63, 3.8) is 0 Å². The van der Waals surface area contributed by atoms with E-state index in [-0.39, 0.29) is 0 Å². The Bertz CT molecular complexity index is 447. The summed E-state index contributed by atoms with van der Waals surface area (Å²) in [6, 6.07) is 3.42. The van der Waals surface area contributed by atoms with Crippen molar-refractivity contribution in [3.05, 3.63) is 27.2 Å². The van der Waals surface area contributed by atoms with Gasteiger partial charge >= 0.3 is 5.97 Å². The number of carbonyl (C=O) groups is 1. The summed E-state index contributed by atoms with van der Waals surface area (Å²) >= 11 is 9.16. The summed E-state index contributed by atoms with van der Waals surface area (Å²) in [5.41, 5.74) is -0.366. The fourth-order valence-electron chi connectivity index (χ4n) is 1.60. The lowest BCUT2D eigenvalue weighted by Gasteiger charge is -2.17. The minimum atomic E-state index is -1.18. The minimum Gasteiger partial charge on any atom is -0.478 e. The van der Waals surface area contributed by atoms with Crippen LogP contribution in [0, 0.1) is 0 Å². The molecule has 0 fully saturated rings. The van der Waals surface area contributed by atoms with Crippen molar-refractivity contribution in [1.29, 1.82) is 0 Å². The SMILES string of the molecule is CC1(C(=O)O)Cc2cc(Cl)cc(Br)c2O1. The highest BCUT2D eigenvalue weighted by molar-refractivity contribution is 9.10. The predicted octanol–water partition coefficient (Wildman–Crippen LogP) is 2.88. The van der Waals surface area contributed by atoms with Crippen LogP contribution in [0.2, 0.25) is 5.02 Å². The third-order valence-corrected chi connectivity index (χ3v) is 3.20. The Morgan fingerprint density at radius 1 is 1.67 bits per heavy atom. The van der Waals surface area contributed by atoms with Crippen molar-refractivity contribution < 1.29 is 14.6 Å². The number of hydrogen-bond acceptors (Lipinski definition) is 2. The average Bonchev–Trinajstić information content (AvgIpc) is 2.43. The van der Waals surface area contributed by atoms with Gasteiger partial charge < -0.3 is 9.84 Å². The number of aliphatic carboxylic acids is 1. The number of carboxylic acids is 1. The first-order valence-corrected chi connectivity index (χ1v) is 5.50. The molecule has 15 heavy (non-hydrogen) atoms. The third kappa shape index (κ3) is 1.72. The highest BCUT2D eigenvalue weighted by Gasteiger charge is 2.42. The maximum Gasteiger partial charge on any atom is 0.348 e. The van der Waals surface area contributed by atoms with Gasteiger partial charge in [0.1, 0.15) is 5.75 Å². The average molecular weight is 292 g/mol. The molecule has 1 atom stereocenters. The summed E-state index contributed by atoms with van der Waals surface area (Å²) in [4.78, 5) is 11.0. The van der Waals surface area contributed by atoms with Gasteiger partial charge in [-0.1, -0.05) is 11.6 Å². The number of rotatable bonds is 1. The Labute approximate surface area is 100 Å². The molecule has 3 nitrogen and oxygen atoms in total. The number of halogens is 2. The maximum atomic E-state index is 11.0. The number of ether oxygens (including phenoxy) is 1. The molecular formula is C10H8BrClO3. The molecule has 1 heterocycles. The van der Waals surface area contributed by atoms with Gasteiger partial charge in [-0.3, -0.25) is 0 Å². The van der Waals surface area contributed by atoms with E-state index >= 15 is 0 Å². The number of carboxylic acid groups (broad SMARTS) is 1. The molecule has 0 spiro atoms. The van der Waals surface area contributed by atoms with E-state index in [0.29, 0.717) is 21.7 Å². The van der Waals surface area contributed by atoms with Crippen LogP contribution in [0.1, 0.15) is 12.5 Å². The van der Waals surface area contributed by atoms with Gasteiger partial charge in [-0.15, -0.1) is 0 Å². The lowest BCUT2D eigenvalue weighted by Crippen LogP contribution is -2.39. The molecule has 0 aromatic heterocycles. The zero-order valence-electron chi connectivity index (χ0n) is 7.88. The first-order chi connectivity index (χ1) is 6.92. The monoisotopic (exact) mass is 290 g/mol. The molecule has 0 amide bonds. The first kappa shape index (κ1) is 10.8. The van der Waals surface area contributed by atoms with E-state index in [0.717, 1.165) is 5.56 Å². The molecule has 1 aliphatic rings. The van der Waals surface area contributed by atoms with Crippen molar-refractivity contribution in [2.75, 3.05) is 0 Å². The van der Waals surface area contributed by atoms with Gasteiger partial charge in [-0.05, 0) is 35.0 Å². The highest BCUT2D eigenvalue weighted by atomic mass is 79.9. The molecule has 2 rings (SSSR count). The van der Waals surface area contributed by atoms with Gasteiger partial charge in [0.05, 0.1) is 4.47 Å². The van der Waals surface area contributed by atoms with Crippen LogP contribution >= 0.6 is 27.5 Å². The second-order valence-corrected chi connectivity index (χ2v) is 4.98. The first-order valence-electron chi connectivity index (χ1n) is 4.33. The summed E-state index contributed by atoms with van der Waals surface area (Å²) < 4.78 is 6.13. The van der Waals surface area contributed by atoms with E-state index in [1.807, 2.05) is 0 Å². The second-order valence-electron chi connectivity index (χ2n) is 3.69. The topological polar surface area (TPSA) is 46.5 Å². The third-order valence-electron chi connectivity index (χ3n) is 2.39. The van der Waals surface area contributed by atoms with Crippen molar-refractivity contribution in [2.45, 2.75) is 18.9 Å². The fraction of sp³-hybridized carbons (Fsp3) is 0.300. The Morgan fingerprint density at radius 3 is 2.93 bits per heavy atom. The van der Waals surface area contributed by atoms with Crippen LogP contribution in [0.25, 0.3) is 0 Å². The van der Waals surface area contributed by atoms with Gasteiger partial charge in [-0.25, -0.2) is 4.79 Å². The minimum absolute atomic E-state index is 0.330. The molecule has 1 N–H and O–H groups in total. The lowest BCUT2D eigenvalue weighted by atomic mass is 10.00. The van der Waals surface area contributed by atoms with E-state index in [1.54, 1.807) is 19.1 Å². The van der Waals surface area contributed by atoms with Gasteiger partial charge in [0, 0.05) is 17.0 Å². The Kier molecular flexibility index (Phi) is 2.43. The number of hydrogen-bond donors (Lipinski definition) is 1. The predicted molar refractivity (Wildman–Crippen MR) is 59.5 cm³/mol. The molecule has 0 saturated heterocycles. The van der Waals surface area contributed by atoms with E-state index in [2.05, 4.69) is 15.9 Å². The van der Waals surface area contributed by atoms with Crippen LogP contribution in [0.15, 0.2) is 16.6 Å². The molecule has 0 aliphatic carbocycles. The number of benzene rings is 1. The van der Waals surface area contributed by atoms with Crippen LogP contribution in [-0.4, -0.2) is 16.7 Å². The number of fused-ring (bicyclic) bond motifs is 1. The van der Waals surface area contributed by atoms with E-state index in [4.69, 9.17) is 21.4 Å². The molecule has 1 unspecified atom stereocenters. The van der Waals surface area contributed by atoms with E-state index in [9.17, 15) is 4.79 Å². The maximum absolute atomic E-state index is 11.0. The van der Waals surface area contributed by atoms with Gasteiger partial charge in [0.15, 0.2) is 0 Å². The van der Waals surface area contributed by atoms with Crippen LogP contribution in [0.5, 0.6) is 5.75 Å². The summed E-state index contributed by atoms with van der Waals surface area (Å²) in [5.74, 6) is -0.397.